The SMILES string of the molecule is Cc1cc2nc(NC(=S)Nc3ccc(F)cc3F)sc2cc1C. The summed E-state index contributed by atoms with van der Waals surface area (Å²) in [7, 11) is 0. The molecule has 7 heteroatoms. The third-order valence-electron chi connectivity index (χ3n) is 3.40. The Labute approximate surface area is 141 Å². The zero-order valence-electron chi connectivity index (χ0n) is 12.4. The van der Waals surface area contributed by atoms with Crippen molar-refractivity contribution < 1.29 is 8.78 Å². The fraction of sp³-hybridized carbons (Fsp3) is 0.125. The molecule has 0 bridgehead atoms. The normalized spacial score (nSPS) is 10.8. The molecule has 3 rings (SSSR count). The van der Waals surface area contributed by atoms with Crippen LogP contribution in [0.2, 0.25) is 0 Å². The number of thiocarbonyl (C=S) groups is 1. The second-order valence-electron chi connectivity index (χ2n) is 5.13. The quantitative estimate of drug-likeness (QED) is 0.639. The molecule has 2 aromatic carbocycles. The number of thiazole rings is 1. The minimum absolute atomic E-state index is 0.108. The van der Waals surface area contributed by atoms with Crippen LogP contribution >= 0.6 is 23.6 Å². The van der Waals surface area contributed by atoms with Crippen LogP contribution in [0.25, 0.3) is 10.2 Å². The van der Waals surface area contributed by atoms with Gasteiger partial charge in [-0.3, -0.25) is 0 Å². The van der Waals surface area contributed by atoms with Crippen molar-refractivity contribution in [3.8, 4) is 0 Å². The Morgan fingerprint density at radius 3 is 2.57 bits per heavy atom. The number of hydrogen-bond donors (Lipinski definition) is 2. The Balaban J connectivity index is 1.77. The summed E-state index contributed by atoms with van der Waals surface area (Å²) in [4.78, 5) is 4.46. The lowest BCUT2D eigenvalue weighted by molar-refractivity contribution is 0.586. The molecule has 0 aliphatic carbocycles. The van der Waals surface area contributed by atoms with E-state index in [1.54, 1.807) is 0 Å². The fourth-order valence-corrected chi connectivity index (χ4v) is 3.30. The molecule has 0 atom stereocenters. The number of anilines is 2. The van der Waals surface area contributed by atoms with Gasteiger partial charge in [0, 0.05) is 6.07 Å². The Bertz CT molecular complexity index is 867. The summed E-state index contributed by atoms with van der Waals surface area (Å²) in [6.45, 7) is 4.08. The van der Waals surface area contributed by atoms with Crippen LogP contribution in [0.1, 0.15) is 11.1 Å². The highest BCUT2D eigenvalue weighted by Gasteiger charge is 2.09. The average molecular weight is 349 g/mol. The van der Waals surface area contributed by atoms with E-state index in [1.807, 2.05) is 19.9 Å². The molecule has 0 fully saturated rings. The van der Waals surface area contributed by atoms with Gasteiger partial charge in [0.25, 0.3) is 0 Å². The highest BCUT2D eigenvalue weighted by atomic mass is 32.1. The molecule has 0 unspecified atom stereocenters. The summed E-state index contributed by atoms with van der Waals surface area (Å²) in [5, 5.41) is 6.44. The number of hydrogen-bond acceptors (Lipinski definition) is 3. The van der Waals surface area contributed by atoms with Crippen molar-refractivity contribution in [1.82, 2.24) is 4.98 Å². The lowest BCUT2D eigenvalue weighted by Gasteiger charge is -2.08. The van der Waals surface area contributed by atoms with E-state index in [9.17, 15) is 8.78 Å². The maximum absolute atomic E-state index is 13.6. The minimum Gasteiger partial charge on any atom is -0.330 e. The molecule has 118 valence electrons. The number of fused-ring (bicyclic) bond motifs is 1. The van der Waals surface area contributed by atoms with Crippen molar-refractivity contribution in [2.24, 2.45) is 0 Å². The van der Waals surface area contributed by atoms with Crippen LogP contribution in [0.3, 0.4) is 0 Å². The summed E-state index contributed by atoms with van der Waals surface area (Å²) in [6, 6.07) is 7.35. The zero-order chi connectivity index (χ0) is 16.6. The highest BCUT2D eigenvalue weighted by Crippen LogP contribution is 2.28. The molecule has 0 spiro atoms. The fourth-order valence-electron chi connectivity index (χ4n) is 2.07. The van der Waals surface area contributed by atoms with Crippen LogP contribution < -0.4 is 10.6 Å². The van der Waals surface area contributed by atoms with E-state index in [2.05, 4.69) is 21.7 Å². The van der Waals surface area contributed by atoms with Gasteiger partial charge in [0.05, 0.1) is 15.9 Å². The van der Waals surface area contributed by atoms with E-state index in [1.165, 1.54) is 28.5 Å². The van der Waals surface area contributed by atoms with Gasteiger partial charge in [-0.15, -0.1) is 0 Å². The van der Waals surface area contributed by atoms with Crippen molar-refractivity contribution >= 4 is 49.7 Å². The molecule has 2 N–H and O–H groups in total. The predicted octanol–water partition coefficient (Wildman–Crippen LogP) is 5.00. The largest absolute Gasteiger partial charge is 0.330 e. The first-order valence-electron chi connectivity index (χ1n) is 6.83. The molecular formula is C16H13F2N3S2. The minimum atomic E-state index is -0.704. The third-order valence-corrected chi connectivity index (χ3v) is 4.54. The molecule has 3 nitrogen and oxygen atoms in total. The monoisotopic (exact) mass is 349 g/mol. The van der Waals surface area contributed by atoms with E-state index in [0.717, 1.165) is 22.3 Å². The standard InChI is InChI=1S/C16H13F2N3S2/c1-8-5-13-14(6-9(8)2)23-16(20-13)21-15(22)19-12-4-3-10(17)7-11(12)18/h3-7H,1-2H3,(H2,19,20,21,22). The van der Waals surface area contributed by atoms with Gasteiger partial charge in [-0.2, -0.15) is 0 Å². The first-order chi connectivity index (χ1) is 10.9. The van der Waals surface area contributed by atoms with Crippen LogP contribution in [-0.2, 0) is 0 Å². The Morgan fingerprint density at radius 2 is 1.83 bits per heavy atom. The molecular weight excluding hydrogens is 336 g/mol. The topological polar surface area (TPSA) is 37.0 Å². The number of aromatic nitrogens is 1. The third kappa shape index (κ3) is 3.46. The van der Waals surface area contributed by atoms with Crippen LogP contribution in [0, 0.1) is 25.5 Å². The molecule has 0 amide bonds. The van der Waals surface area contributed by atoms with Gasteiger partial charge in [0.2, 0.25) is 0 Å². The van der Waals surface area contributed by atoms with Gasteiger partial charge < -0.3 is 10.6 Å². The Morgan fingerprint density at radius 1 is 1.09 bits per heavy atom. The molecule has 0 aliphatic rings. The van der Waals surface area contributed by atoms with Crippen molar-refractivity contribution in [1.29, 1.82) is 0 Å². The van der Waals surface area contributed by atoms with Crippen LogP contribution in [0.4, 0.5) is 19.6 Å². The van der Waals surface area contributed by atoms with E-state index in [4.69, 9.17) is 12.2 Å². The van der Waals surface area contributed by atoms with Crippen molar-refractivity contribution in [2.75, 3.05) is 10.6 Å². The van der Waals surface area contributed by atoms with Crippen molar-refractivity contribution in [3.05, 3.63) is 53.1 Å². The van der Waals surface area contributed by atoms with Crippen LogP contribution in [0.5, 0.6) is 0 Å². The summed E-state index contributed by atoms with van der Waals surface area (Å²) in [5.74, 6) is -1.34. The molecule has 0 saturated carbocycles. The summed E-state index contributed by atoms with van der Waals surface area (Å²) >= 11 is 6.61. The molecule has 1 heterocycles. The zero-order valence-corrected chi connectivity index (χ0v) is 14.0. The summed E-state index contributed by atoms with van der Waals surface area (Å²) in [5.41, 5.74) is 3.36. The maximum Gasteiger partial charge on any atom is 0.190 e. The van der Waals surface area contributed by atoms with Gasteiger partial charge in [0.1, 0.15) is 11.6 Å². The predicted molar refractivity (Wildman–Crippen MR) is 95.3 cm³/mol. The van der Waals surface area contributed by atoms with Gasteiger partial charge in [0.15, 0.2) is 10.2 Å². The second-order valence-corrected chi connectivity index (χ2v) is 6.57. The van der Waals surface area contributed by atoms with Gasteiger partial charge >= 0.3 is 0 Å². The van der Waals surface area contributed by atoms with Crippen molar-refractivity contribution in [3.63, 3.8) is 0 Å². The number of benzene rings is 2. The summed E-state index contributed by atoms with van der Waals surface area (Å²) in [6.07, 6.45) is 0. The highest BCUT2D eigenvalue weighted by molar-refractivity contribution is 7.80. The van der Waals surface area contributed by atoms with Gasteiger partial charge in [-0.05, 0) is 61.5 Å². The molecule has 1 aromatic heterocycles. The first-order valence-corrected chi connectivity index (χ1v) is 8.06. The van der Waals surface area contributed by atoms with E-state index < -0.39 is 11.6 Å². The van der Waals surface area contributed by atoms with Crippen molar-refractivity contribution in [2.45, 2.75) is 13.8 Å². The van der Waals surface area contributed by atoms with Crippen LogP contribution in [0.15, 0.2) is 30.3 Å². The average Bonchev–Trinajstić information content (AvgIpc) is 2.83. The number of nitrogens with one attached hydrogen (secondary N) is 2. The first kappa shape index (κ1) is 15.8. The van der Waals surface area contributed by atoms with E-state index in [0.29, 0.717) is 5.13 Å². The van der Waals surface area contributed by atoms with Crippen LogP contribution in [-0.4, -0.2) is 10.1 Å². The number of halogens is 2. The molecule has 0 saturated heterocycles. The lowest BCUT2D eigenvalue weighted by atomic mass is 10.1. The summed E-state index contributed by atoms with van der Waals surface area (Å²) < 4.78 is 27.5. The van der Waals surface area contributed by atoms with Gasteiger partial charge in [-0.1, -0.05) is 11.3 Å². The number of rotatable bonds is 2. The Kier molecular flexibility index (Phi) is 4.23. The second kappa shape index (κ2) is 6.17. The van der Waals surface area contributed by atoms with E-state index in [-0.39, 0.29) is 10.8 Å². The number of aryl methyl sites for hydroxylation is 2. The molecule has 0 radical (unpaired) electrons. The molecule has 3 aromatic rings. The molecule has 23 heavy (non-hydrogen) atoms. The van der Waals surface area contributed by atoms with E-state index >= 15 is 0 Å². The smallest absolute Gasteiger partial charge is 0.190 e. The molecule has 0 aliphatic heterocycles. The van der Waals surface area contributed by atoms with Gasteiger partial charge in [-0.25, -0.2) is 13.8 Å². The Hall–Kier alpha value is -2.12. The maximum atomic E-state index is 13.6. The number of nitrogens with zero attached hydrogens (tertiary/aromatic N) is 1. The lowest BCUT2D eigenvalue weighted by Crippen LogP contribution is -2.19.